The van der Waals surface area contributed by atoms with E-state index in [0.717, 1.165) is 0 Å². The highest BCUT2D eigenvalue weighted by Crippen LogP contribution is 2.24. The number of aromatic hydroxyl groups is 1. The van der Waals surface area contributed by atoms with Gasteiger partial charge in [-0.15, -0.1) is 0 Å². The fraction of sp³-hybridized carbons (Fsp3) is 0.200. The predicted octanol–water partition coefficient (Wildman–Crippen LogP) is 0.418. The Morgan fingerprint density at radius 2 is 2.31 bits per heavy atom. The van der Waals surface area contributed by atoms with Crippen LogP contribution < -0.4 is 0 Å². The van der Waals surface area contributed by atoms with E-state index in [9.17, 15) is 9.90 Å². The lowest BCUT2D eigenvalue weighted by atomic mass is 10.2. The van der Waals surface area contributed by atoms with Crippen LogP contribution in [0.2, 0.25) is 0 Å². The Hall–Kier alpha value is -2.08. The number of hydrogen-bond acceptors (Lipinski definition) is 5. The average molecular weight is 222 g/mol. The molecule has 0 aliphatic heterocycles. The largest absolute Gasteiger partial charge is 0.506 e. The topological polar surface area (TPSA) is 95.4 Å². The van der Waals surface area contributed by atoms with Gasteiger partial charge in [-0.05, 0) is 6.07 Å². The molecule has 0 spiro atoms. The van der Waals surface area contributed by atoms with Crippen LogP contribution in [-0.2, 0) is 4.74 Å². The number of hydrogen-bond donors (Lipinski definition) is 3. The number of para-hydroxylation sites is 1. The quantitative estimate of drug-likeness (QED) is 0.654. The van der Waals surface area contributed by atoms with Gasteiger partial charge in [0.05, 0.1) is 6.61 Å². The molecule has 1 heterocycles. The van der Waals surface area contributed by atoms with E-state index in [1.165, 1.54) is 6.07 Å². The summed E-state index contributed by atoms with van der Waals surface area (Å²) < 4.78 is 4.74. The SMILES string of the molecule is O=C(OCCO)c1[nH]nc2c(O)cccc12. The van der Waals surface area contributed by atoms with Crippen LogP contribution in [0.15, 0.2) is 18.2 Å². The van der Waals surface area contributed by atoms with Crippen molar-refractivity contribution in [3.63, 3.8) is 0 Å². The van der Waals surface area contributed by atoms with Crippen molar-refractivity contribution in [1.82, 2.24) is 10.2 Å². The van der Waals surface area contributed by atoms with Gasteiger partial charge in [0.25, 0.3) is 0 Å². The van der Waals surface area contributed by atoms with Crippen molar-refractivity contribution < 1.29 is 19.7 Å². The number of fused-ring (bicyclic) bond motifs is 1. The molecule has 0 radical (unpaired) electrons. The summed E-state index contributed by atoms with van der Waals surface area (Å²) in [5.74, 6) is -0.614. The van der Waals surface area contributed by atoms with Gasteiger partial charge in [-0.25, -0.2) is 4.79 Å². The highest BCUT2D eigenvalue weighted by Gasteiger charge is 2.16. The van der Waals surface area contributed by atoms with Crippen LogP contribution in [0.25, 0.3) is 10.9 Å². The zero-order chi connectivity index (χ0) is 11.5. The molecule has 3 N–H and O–H groups in total. The first kappa shape index (κ1) is 10.4. The Bertz CT molecular complexity index is 521. The van der Waals surface area contributed by atoms with Crippen LogP contribution in [0.4, 0.5) is 0 Å². The number of ether oxygens (including phenoxy) is 1. The number of nitrogens with zero attached hydrogens (tertiary/aromatic N) is 1. The molecule has 1 aromatic carbocycles. The van der Waals surface area contributed by atoms with Gasteiger partial charge in [-0.3, -0.25) is 5.10 Å². The predicted molar refractivity (Wildman–Crippen MR) is 55.1 cm³/mol. The first-order valence-electron chi connectivity index (χ1n) is 4.68. The molecule has 0 bridgehead atoms. The summed E-state index contributed by atoms with van der Waals surface area (Å²) in [6.45, 7) is -0.304. The number of phenolic OH excluding ortho intramolecular Hbond substituents is 1. The van der Waals surface area contributed by atoms with Crippen molar-refractivity contribution in [3.8, 4) is 5.75 Å². The third-order valence-electron chi connectivity index (χ3n) is 2.09. The molecule has 6 nitrogen and oxygen atoms in total. The minimum Gasteiger partial charge on any atom is -0.506 e. The van der Waals surface area contributed by atoms with Crippen molar-refractivity contribution in [3.05, 3.63) is 23.9 Å². The minimum atomic E-state index is -0.609. The van der Waals surface area contributed by atoms with Gasteiger partial charge in [0.1, 0.15) is 17.9 Å². The molecule has 2 aromatic rings. The van der Waals surface area contributed by atoms with Gasteiger partial charge in [-0.2, -0.15) is 5.10 Å². The van der Waals surface area contributed by atoms with E-state index in [1.54, 1.807) is 12.1 Å². The second-order valence-electron chi connectivity index (χ2n) is 3.13. The summed E-state index contributed by atoms with van der Waals surface area (Å²) in [6.07, 6.45) is 0. The summed E-state index contributed by atoms with van der Waals surface area (Å²) in [4.78, 5) is 11.5. The number of H-pyrrole nitrogens is 1. The molecule has 0 unspecified atom stereocenters. The van der Waals surface area contributed by atoms with Gasteiger partial charge in [-0.1, -0.05) is 12.1 Å². The second kappa shape index (κ2) is 4.19. The summed E-state index contributed by atoms with van der Waals surface area (Å²) in [6, 6.07) is 4.73. The number of carbonyl (C=O) groups is 1. The third-order valence-corrected chi connectivity index (χ3v) is 2.09. The number of carbonyl (C=O) groups excluding carboxylic acids is 1. The van der Waals surface area contributed by atoms with Gasteiger partial charge in [0.15, 0.2) is 5.69 Å². The summed E-state index contributed by atoms with van der Waals surface area (Å²) >= 11 is 0. The molecule has 16 heavy (non-hydrogen) atoms. The fourth-order valence-corrected chi connectivity index (χ4v) is 1.39. The van der Waals surface area contributed by atoms with Gasteiger partial charge in [0.2, 0.25) is 0 Å². The normalized spacial score (nSPS) is 10.6. The Balaban J connectivity index is 2.38. The number of aromatic amines is 1. The maximum atomic E-state index is 11.5. The number of aliphatic hydroxyl groups excluding tert-OH is 1. The number of aromatic nitrogens is 2. The highest BCUT2D eigenvalue weighted by atomic mass is 16.5. The van der Waals surface area contributed by atoms with E-state index < -0.39 is 5.97 Å². The molecule has 0 atom stereocenters. The van der Waals surface area contributed by atoms with E-state index >= 15 is 0 Å². The first-order valence-corrected chi connectivity index (χ1v) is 4.68. The van der Waals surface area contributed by atoms with Crippen LogP contribution in [0.1, 0.15) is 10.5 Å². The molecule has 0 saturated carbocycles. The van der Waals surface area contributed by atoms with Crippen LogP contribution in [0.5, 0.6) is 5.75 Å². The Kier molecular flexibility index (Phi) is 2.74. The smallest absolute Gasteiger partial charge is 0.357 e. The summed E-state index contributed by atoms with van der Waals surface area (Å²) in [5.41, 5.74) is 0.484. The second-order valence-corrected chi connectivity index (χ2v) is 3.13. The molecular formula is C10H10N2O4. The van der Waals surface area contributed by atoms with Crippen molar-refractivity contribution in [2.45, 2.75) is 0 Å². The van der Waals surface area contributed by atoms with E-state index in [2.05, 4.69) is 10.2 Å². The van der Waals surface area contributed by atoms with Crippen molar-refractivity contribution in [1.29, 1.82) is 0 Å². The van der Waals surface area contributed by atoms with E-state index in [-0.39, 0.29) is 24.7 Å². The number of esters is 1. The molecular weight excluding hydrogens is 212 g/mol. The van der Waals surface area contributed by atoms with Crippen molar-refractivity contribution >= 4 is 16.9 Å². The standard InChI is InChI=1S/C10H10N2O4/c13-4-5-16-10(15)9-6-2-1-3-7(14)8(6)11-12-9/h1-3,13-14H,4-5H2,(H,11,12). The molecule has 84 valence electrons. The van der Waals surface area contributed by atoms with E-state index in [0.29, 0.717) is 10.9 Å². The molecule has 1 aromatic heterocycles. The molecule has 0 aliphatic rings. The van der Waals surface area contributed by atoms with Crippen LogP contribution in [-0.4, -0.2) is 39.6 Å². The zero-order valence-electron chi connectivity index (χ0n) is 8.30. The fourth-order valence-electron chi connectivity index (χ4n) is 1.39. The van der Waals surface area contributed by atoms with Crippen LogP contribution in [0.3, 0.4) is 0 Å². The lowest BCUT2D eigenvalue weighted by molar-refractivity contribution is 0.0429. The zero-order valence-corrected chi connectivity index (χ0v) is 8.30. The average Bonchev–Trinajstić information content (AvgIpc) is 2.71. The van der Waals surface area contributed by atoms with Gasteiger partial charge >= 0.3 is 5.97 Å². The molecule has 0 aliphatic carbocycles. The lowest BCUT2D eigenvalue weighted by Gasteiger charge is -2.00. The van der Waals surface area contributed by atoms with Crippen molar-refractivity contribution in [2.24, 2.45) is 0 Å². The van der Waals surface area contributed by atoms with Crippen molar-refractivity contribution in [2.75, 3.05) is 13.2 Å². The minimum absolute atomic E-state index is 0.00467. The molecule has 0 amide bonds. The van der Waals surface area contributed by atoms with Gasteiger partial charge < -0.3 is 14.9 Å². The summed E-state index contributed by atoms with van der Waals surface area (Å²) in [5, 5.41) is 24.8. The molecule has 0 fully saturated rings. The van der Waals surface area contributed by atoms with Gasteiger partial charge in [0, 0.05) is 5.39 Å². The maximum absolute atomic E-state index is 11.5. The number of rotatable bonds is 3. The monoisotopic (exact) mass is 222 g/mol. The van der Waals surface area contributed by atoms with Crippen LogP contribution in [0, 0.1) is 0 Å². The first-order chi connectivity index (χ1) is 7.74. The van der Waals surface area contributed by atoms with Crippen LogP contribution >= 0.6 is 0 Å². The number of phenols is 1. The lowest BCUT2D eigenvalue weighted by Crippen LogP contribution is -2.09. The van der Waals surface area contributed by atoms with E-state index in [4.69, 9.17) is 9.84 Å². The van der Waals surface area contributed by atoms with E-state index in [1.807, 2.05) is 0 Å². The maximum Gasteiger partial charge on any atom is 0.357 e. The Labute approximate surface area is 90.5 Å². The number of nitrogens with one attached hydrogen (secondary N) is 1. The Morgan fingerprint density at radius 3 is 3.06 bits per heavy atom. The third kappa shape index (κ3) is 1.70. The molecule has 2 rings (SSSR count). The molecule has 6 heteroatoms. The molecule has 0 saturated heterocycles. The summed E-state index contributed by atoms with van der Waals surface area (Å²) in [7, 11) is 0. The highest BCUT2D eigenvalue weighted by molar-refractivity contribution is 6.03. The number of aliphatic hydroxyl groups is 1. The number of benzene rings is 1. The Morgan fingerprint density at radius 1 is 1.50 bits per heavy atom.